The second kappa shape index (κ2) is 17.3. The molecule has 10 heteroatoms. The third-order valence-corrected chi connectivity index (χ3v) is 0. The fraction of sp³-hybridized carbons (Fsp3) is 0. The molecule has 0 aliphatic rings. The van der Waals surface area contributed by atoms with E-state index in [0.717, 1.165) is 0 Å². The summed E-state index contributed by atoms with van der Waals surface area (Å²) in [5.41, 5.74) is 0. The molecule has 10 heavy (non-hydrogen) atoms. The predicted octanol–water partition coefficient (Wildman–Crippen LogP) is -12.9. The van der Waals surface area contributed by atoms with Crippen LogP contribution in [0.4, 0.5) is 0 Å². The molecule has 0 saturated carbocycles. The van der Waals surface area contributed by atoms with Crippen LogP contribution < -0.4 is 56.1 Å². The van der Waals surface area contributed by atoms with Crippen LogP contribution in [-0.2, 0) is 21.6 Å². The third kappa shape index (κ3) is 190. The van der Waals surface area contributed by atoms with E-state index in [1.807, 2.05) is 0 Å². The smallest absolute Gasteiger partial charge is 1.00 e. The largest absolute Gasteiger partial charge is 2.00 e. The van der Waals surface area contributed by atoms with Gasteiger partial charge >= 0.3 is 43.8 Å². The first-order valence-corrected chi connectivity index (χ1v) is 2.35. The zero-order valence-corrected chi connectivity index (χ0v) is 8.95. The van der Waals surface area contributed by atoms with Crippen molar-refractivity contribution in [2.75, 3.05) is 0 Å². The molecule has 0 rings (SSSR count). The van der Waals surface area contributed by atoms with Gasteiger partial charge in [-0.25, -0.2) is 4.57 Å². The van der Waals surface area contributed by atoms with Crippen LogP contribution in [0.3, 0.4) is 0 Å². The molecule has 0 unspecified atom stereocenters. The van der Waals surface area contributed by atoms with Crippen molar-refractivity contribution in [3.8, 4) is 0 Å². The summed E-state index contributed by atoms with van der Waals surface area (Å²) in [6.45, 7) is 0. The first-order chi connectivity index (χ1) is 2.00. The molecule has 0 fully saturated rings. The van der Waals surface area contributed by atoms with Crippen LogP contribution in [0.15, 0.2) is 0 Å². The Hall–Kier alpha value is 2.10. The van der Waals surface area contributed by atoms with Gasteiger partial charge in [0.05, 0.1) is 0 Å². The molecule has 0 atom stereocenters. The van der Waals surface area contributed by atoms with Crippen molar-refractivity contribution < 1.29 is 92.4 Å². The van der Waals surface area contributed by atoms with E-state index in [0.29, 0.717) is 0 Å². The first kappa shape index (κ1) is 40.1. The van der Waals surface area contributed by atoms with Gasteiger partial charge in [-0.3, -0.25) is 0 Å². The maximum Gasteiger partial charge on any atom is 2.00 e. The summed E-state index contributed by atoms with van der Waals surface area (Å²) in [7, 11) is -4.64. The molecular formula is H3Cl3FeLiO4P. The predicted molar refractivity (Wildman–Crippen MR) is 14.3 cm³/mol. The van der Waals surface area contributed by atoms with E-state index in [1.165, 1.54) is 0 Å². The van der Waals surface area contributed by atoms with E-state index in [2.05, 4.69) is 0 Å². The van der Waals surface area contributed by atoms with E-state index < -0.39 is 7.82 Å². The number of hydrogen-bond acceptors (Lipinski definition) is 1. The second-order valence-electron chi connectivity index (χ2n) is 0.513. The molecule has 0 amide bonds. The van der Waals surface area contributed by atoms with Gasteiger partial charge in [0, 0.05) is 0 Å². The van der Waals surface area contributed by atoms with Crippen molar-refractivity contribution in [2.45, 2.75) is 0 Å². The Balaban J connectivity index is -0.00000000800. The average molecular weight is 267 g/mol. The summed E-state index contributed by atoms with van der Waals surface area (Å²) in [6.07, 6.45) is 0. The molecule has 62 valence electrons. The summed E-state index contributed by atoms with van der Waals surface area (Å²) >= 11 is 0. The van der Waals surface area contributed by atoms with Gasteiger partial charge in [0.15, 0.2) is 0 Å². The van der Waals surface area contributed by atoms with E-state index in [9.17, 15) is 0 Å². The third-order valence-electron chi connectivity index (χ3n) is 0. The Labute approximate surface area is 99.7 Å². The molecule has 0 radical (unpaired) electrons. The Bertz CT molecular complexity index is 66.6. The van der Waals surface area contributed by atoms with E-state index in [4.69, 9.17) is 19.2 Å². The Morgan fingerprint density at radius 1 is 0.900 bits per heavy atom. The number of phosphoric acid groups is 1. The molecule has 0 aliphatic heterocycles. The molecule has 0 aromatic carbocycles. The second-order valence-corrected chi connectivity index (χ2v) is 1.54. The van der Waals surface area contributed by atoms with Gasteiger partial charge in [0.2, 0.25) is 0 Å². The van der Waals surface area contributed by atoms with Gasteiger partial charge in [-0.15, -0.1) is 0 Å². The van der Waals surface area contributed by atoms with Crippen LogP contribution in [-0.4, -0.2) is 14.7 Å². The molecule has 0 aromatic rings. The minimum Gasteiger partial charge on any atom is -1.00 e. The maximum atomic E-state index is 8.88. The summed E-state index contributed by atoms with van der Waals surface area (Å²) in [4.78, 5) is 21.6. The Morgan fingerprint density at radius 2 is 0.900 bits per heavy atom. The fourth-order valence-corrected chi connectivity index (χ4v) is 0. The molecule has 4 nitrogen and oxygen atoms in total. The van der Waals surface area contributed by atoms with Crippen molar-refractivity contribution in [1.29, 1.82) is 0 Å². The van der Waals surface area contributed by atoms with Crippen molar-refractivity contribution in [1.82, 2.24) is 0 Å². The van der Waals surface area contributed by atoms with Crippen molar-refractivity contribution >= 4 is 7.82 Å². The molecule has 3 N–H and O–H groups in total. The summed E-state index contributed by atoms with van der Waals surface area (Å²) in [5.74, 6) is 0. The van der Waals surface area contributed by atoms with Crippen LogP contribution in [0.2, 0.25) is 0 Å². The van der Waals surface area contributed by atoms with Crippen LogP contribution in [0.5, 0.6) is 0 Å². The molecule has 0 aromatic heterocycles. The van der Waals surface area contributed by atoms with E-state index >= 15 is 0 Å². The minimum atomic E-state index is -4.64. The van der Waals surface area contributed by atoms with Crippen LogP contribution in [0.25, 0.3) is 0 Å². The Morgan fingerprint density at radius 3 is 0.900 bits per heavy atom. The number of halogens is 3. The van der Waals surface area contributed by atoms with Crippen molar-refractivity contribution in [2.24, 2.45) is 0 Å². The van der Waals surface area contributed by atoms with E-state index in [1.54, 1.807) is 0 Å². The van der Waals surface area contributed by atoms with Crippen molar-refractivity contribution in [3.63, 3.8) is 0 Å². The number of hydrogen-bond donors (Lipinski definition) is 3. The first-order valence-electron chi connectivity index (χ1n) is 0.783. The van der Waals surface area contributed by atoms with Crippen molar-refractivity contribution in [3.05, 3.63) is 0 Å². The van der Waals surface area contributed by atoms with Gasteiger partial charge in [0.25, 0.3) is 0 Å². The van der Waals surface area contributed by atoms with Gasteiger partial charge in [0.1, 0.15) is 0 Å². The Kier molecular flexibility index (Phi) is 69.2. The molecular weight excluding hydrogens is 264 g/mol. The number of rotatable bonds is 0. The monoisotopic (exact) mass is 266 g/mol. The normalized spacial score (nSPS) is 5.90. The molecule has 0 saturated heterocycles. The quantitative estimate of drug-likeness (QED) is 0.301. The topological polar surface area (TPSA) is 77.8 Å². The minimum absolute atomic E-state index is 0. The van der Waals surface area contributed by atoms with Crippen LogP contribution in [0, 0.1) is 0 Å². The SMILES string of the molecule is O=P(O)(O)O.[Cl-].[Cl-].[Cl-].[Fe+2].[Li+]. The standard InChI is InChI=1S/3ClH.Fe.Li.H3O4P/c;;;;;1-5(2,3)4/h3*1H;;;(H3,1,2,3,4)/q;;;+2;+1;/p-3. The molecule has 0 bridgehead atoms. The molecule has 0 spiro atoms. The summed E-state index contributed by atoms with van der Waals surface area (Å²) in [5, 5.41) is 0. The van der Waals surface area contributed by atoms with Crippen LogP contribution in [0.1, 0.15) is 0 Å². The van der Waals surface area contributed by atoms with Gasteiger partial charge in [-0.2, -0.15) is 0 Å². The van der Waals surface area contributed by atoms with E-state index in [-0.39, 0.29) is 73.2 Å². The van der Waals surface area contributed by atoms with Gasteiger partial charge in [-0.1, -0.05) is 0 Å². The van der Waals surface area contributed by atoms with Gasteiger partial charge in [-0.05, 0) is 0 Å². The molecule has 0 aliphatic carbocycles. The zero-order valence-electron chi connectivity index (χ0n) is 4.68. The van der Waals surface area contributed by atoms with Crippen LogP contribution >= 0.6 is 7.82 Å². The summed E-state index contributed by atoms with van der Waals surface area (Å²) < 4.78 is 8.88. The fourth-order valence-electron chi connectivity index (χ4n) is 0. The zero-order chi connectivity index (χ0) is 4.50. The average Bonchev–Trinajstić information content (AvgIpc) is 0.722. The molecule has 0 heterocycles. The maximum absolute atomic E-state index is 8.88. The summed E-state index contributed by atoms with van der Waals surface area (Å²) in [6, 6.07) is 0. The van der Waals surface area contributed by atoms with Gasteiger partial charge < -0.3 is 51.9 Å².